The van der Waals surface area contributed by atoms with Crippen LogP contribution < -0.4 is 46.1 Å². The third-order valence-corrected chi connectivity index (χ3v) is 15.8. The highest BCUT2D eigenvalue weighted by atomic mass is 35.5. The lowest BCUT2D eigenvalue weighted by atomic mass is 9.98. The summed E-state index contributed by atoms with van der Waals surface area (Å²) in [6, 6.07) is 55.7. The van der Waals surface area contributed by atoms with Crippen LogP contribution in [0.4, 0.5) is 30.2 Å². The molecule has 3 aliphatic heterocycles. The van der Waals surface area contributed by atoms with Gasteiger partial charge in [-0.2, -0.15) is 0 Å². The molecule has 0 bridgehead atoms. The zero-order valence-electron chi connectivity index (χ0n) is 48.8. The van der Waals surface area contributed by atoms with Crippen molar-refractivity contribution in [2.75, 3.05) is 34.3 Å². The quantitative estimate of drug-likeness (QED) is 0.0888. The van der Waals surface area contributed by atoms with Crippen LogP contribution in [0.25, 0.3) is 0 Å². The highest BCUT2D eigenvalue weighted by Gasteiger charge is 2.35. The number of hydrogen-bond donors (Lipinski definition) is 3. The highest BCUT2D eigenvalue weighted by molar-refractivity contribution is 6.30. The van der Waals surface area contributed by atoms with Crippen LogP contribution in [0.2, 0.25) is 5.02 Å². The molecule has 15 nitrogen and oxygen atoms in total. The van der Waals surface area contributed by atoms with Gasteiger partial charge in [0, 0.05) is 103 Å². The summed E-state index contributed by atoms with van der Waals surface area (Å²) in [5, 5.41) is -0.0149. The number of anilines is 3. The van der Waals surface area contributed by atoms with Crippen LogP contribution in [0.1, 0.15) is 95.9 Å². The van der Waals surface area contributed by atoms with Crippen LogP contribution in [0.3, 0.4) is 0 Å². The molecule has 0 radical (unpaired) electrons. The predicted molar refractivity (Wildman–Crippen MR) is 337 cm³/mol. The first-order valence-electron chi connectivity index (χ1n) is 28.6. The molecule has 456 valence electrons. The number of nitrogens with two attached hydrogens (primary N) is 3. The van der Waals surface area contributed by atoms with Gasteiger partial charge in [0.15, 0.2) is 0 Å². The summed E-state index contributed by atoms with van der Waals surface area (Å²) in [4.78, 5) is 77.2. The monoisotopic (exact) mass is 1230 g/mol. The molecule has 19 heteroatoms. The molecule has 0 spiro atoms. The molecule has 3 unspecified atom stereocenters. The Labute approximate surface area is 521 Å². The van der Waals surface area contributed by atoms with Crippen LogP contribution in [0, 0.1) is 31.3 Å². The SMILES string of the molecule is Cc1cc(F)ccc1Oc1cccc(C2CC(=O)N(c3cccc(C(N)=O)c3)C2)c1.Cc1ccc(F)cc1Oc1cccc(C2CC(=O)N(c3cccc(C(N)=O)c3)C2)c1.NC(=O)c1cccc(N2CC(c3cccc(Oc4ccc(F)c(Cl)c4)c3)CC2=O)c1. The van der Waals surface area contributed by atoms with Crippen molar-refractivity contribution in [3.05, 3.63) is 267 Å². The standard InChI is InChI=1S/2C24H21FN2O3.C23H18ClFN2O3/c1-15-10-19(25)8-9-22(15)30-21-7-3-4-16(12-21)18-13-23(28)27(14-18)20-6-2-5-17(11-20)24(26)29;1-15-8-9-19(25)13-22(15)30-21-7-3-4-16(11-21)18-12-23(28)27(14-18)20-6-2-5-17(10-20)24(26)29;24-20-12-19(7-8-21(20)25)30-18-6-2-3-14(10-18)16-11-22(28)27(13-16)17-5-1-4-15(9-17)23(26)29/h2-12,18H,13-14H2,1H3,(H2,26,29);2-11,13,18H,12,14H2,1H3,(H2,26,29);1-10,12,16H,11,13H2,(H2,26,29). The van der Waals surface area contributed by atoms with E-state index in [0.717, 1.165) is 22.3 Å². The van der Waals surface area contributed by atoms with E-state index in [-0.39, 0.29) is 52.1 Å². The van der Waals surface area contributed by atoms with Gasteiger partial charge in [0.2, 0.25) is 35.4 Å². The molecule has 3 aliphatic rings. The average Bonchev–Trinajstić information content (AvgIpc) is 1.80. The molecule has 3 atom stereocenters. The van der Waals surface area contributed by atoms with Gasteiger partial charge in [0.05, 0.1) is 5.02 Å². The molecule has 6 amide bonds. The Morgan fingerprint density at radius 2 is 0.789 bits per heavy atom. The second kappa shape index (κ2) is 27.5. The normalized spacial score (nSPS) is 16.0. The topological polar surface area (TPSA) is 218 Å². The number of carbonyl (C=O) groups is 6. The number of amides is 6. The van der Waals surface area contributed by atoms with Gasteiger partial charge >= 0.3 is 0 Å². The number of ether oxygens (including phenoxy) is 3. The van der Waals surface area contributed by atoms with Crippen LogP contribution >= 0.6 is 11.6 Å². The van der Waals surface area contributed by atoms with E-state index in [1.165, 1.54) is 42.5 Å². The maximum Gasteiger partial charge on any atom is 0.248 e. The summed E-state index contributed by atoms with van der Waals surface area (Å²) < 4.78 is 57.8. The lowest BCUT2D eigenvalue weighted by Crippen LogP contribution is -2.24. The summed E-state index contributed by atoms with van der Waals surface area (Å²) >= 11 is 5.81. The Bertz CT molecular complexity index is 4240. The Hall–Kier alpha value is -10.7. The molecule has 6 N–H and O–H groups in total. The molecule has 12 rings (SSSR count). The first kappa shape index (κ1) is 62.3. The van der Waals surface area contributed by atoms with Gasteiger partial charge in [-0.25, -0.2) is 13.2 Å². The molecular formula is C71H60ClF3N6O9. The second-order valence-corrected chi connectivity index (χ2v) is 22.3. The smallest absolute Gasteiger partial charge is 0.248 e. The Balaban J connectivity index is 0.000000148. The number of rotatable bonds is 15. The van der Waals surface area contributed by atoms with Crippen molar-refractivity contribution in [1.82, 2.24) is 0 Å². The van der Waals surface area contributed by atoms with E-state index in [9.17, 15) is 41.9 Å². The Morgan fingerprint density at radius 3 is 1.20 bits per heavy atom. The minimum Gasteiger partial charge on any atom is -0.457 e. The number of carbonyl (C=O) groups excluding carboxylic acids is 6. The van der Waals surface area contributed by atoms with Crippen molar-refractivity contribution >= 4 is 64.1 Å². The van der Waals surface area contributed by atoms with Crippen LogP contribution in [-0.4, -0.2) is 55.1 Å². The summed E-state index contributed by atoms with van der Waals surface area (Å²) in [6.45, 7) is 5.11. The van der Waals surface area contributed by atoms with Gasteiger partial charge in [0.1, 0.15) is 51.9 Å². The molecule has 3 saturated heterocycles. The maximum atomic E-state index is 13.5. The number of primary amides is 3. The van der Waals surface area contributed by atoms with E-state index in [4.69, 9.17) is 43.0 Å². The summed E-state index contributed by atoms with van der Waals surface area (Å²) in [7, 11) is 0. The van der Waals surface area contributed by atoms with E-state index >= 15 is 0 Å². The average molecular weight is 1230 g/mol. The van der Waals surface area contributed by atoms with Gasteiger partial charge in [-0.1, -0.05) is 72.3 Å². The van der Waals surface area contributed by atoms with Crippen molar-refractivity contribution in [3.8, 4) is 34.5 Å². The Kier molecular flexibility index (Phi) is 19.1. The van der Waals surface area contributed by atoms with Gasteiger partial charge in [-0.05, 0) is 169 Å². The third-order valence-electron chi connectivity index (χ3n) is 15.6. The highest BCUT2D eigenvalue weighted by Crippen LogP contribution is 2.39. The fourth-order valence-corrected chi connectivity index (χ4v) is 11.0. The Morgan fingerprint density at radius 1 is 0.411 bits per heavy atom. The van der Waals surface area contributed by atoms with Gasteiger partial charge in [-0.15, -0.1) is 0 Å². The predicted octanol–water partition coefficient (Wildman–Crippen LogP) is 14.0. The third kappa shape index (κ3) is 15.2. The molecular weight excluding hydrogens is 1170 g/mol. The van der Waals surface area contributed by atoms with E-state index in [1.54, 1.807) is 119 Å². The summed E-state index contributed by atoms with van der Waals surface area (Å²) in [6.07, 6.45) is 1.05. The van der Waals surface area contributed by atoms with Gasteiger partial charge in [-0.3, -0.25) is 28.8 Å². The fourth-order valence-electron chi connectivity index (χ4n) is 10.9. The van der Waals surface area contributed by atoms with Crippen molar-refractivity contribution in [2.24, 2.45) is 17.2 Å². The largest absolute Gasteiger partial charge is 0.457 e. The fraction of sp³-hybridized carbons (Fsp3) is 0.155. The minimum absolute atomic E-state index is 0.00685. The summed E-state index contributed by atoms with van der Waals surface area (Å²) in [5.41, 5.74) is 23.5. The van der Waals surface area contributed by atoms with Gasteiger partial charge < -0.3 is 46.1 Å². The van der Waals surface area contributed by atoms with Crippen molar-refractivity contribution in [2.45, 2.75) is 50.9 Å². The molecule has 9 aromatic rings. The van der Waals surface area contributed by atoms with Gasteiger partial charge in [0.25, 0.3) is 0 Å². The van der Waals surface area contributed by atoms with E-state index < -0.39 is 23.5 Å². The first-order valence-corrected chi connectivity index (χ1v) is 29.0. The van der Waals surface area contributed by atoms with Crippen LogP contribution in [-0.2, 0) is 14.4 Å². The van der Waals surface area contributed by atoms with Crippen molar-refractivity contribution in [1.29, 1.82) is 0 Å². The molecule has 0 aliphatic carbocycles. The van der Waals surface area contributed by atoms with Crippen LogP contribution in [0.15, 0.2) is 200 Å². The second-order valence-electron chi connectivity index (χ2n) is 21.9. The lowest BCUT2D eigenvalue weighted by molar-refractivity contribution is -0.118. The molecule has 90 heavy (non-hydrogen) atoms. The van der Waals surface area contributed by atoms with Crippen LogP contribution in [0.5, 0.6) is 34.5 Å². The molecule has 0 saturated carbocycles. The lowest BCUT2D eigenvalue weighted by Gasteiger charge is -2.18. The zero-order chi connectivity index (χ0) is 63.8. The number of benzene rings is 9. The number of hydrogen-bond acceptors (Lipinski definition) is 9. The first-order chi connectivity index (χ1) is 43.2. The molecule has 3 fully saturated rings. The zero-order valence-corrected chi connectivity index (χ0v) is 49.5. The molecule has 0 aromatic heterocycles. The number of nitrogens with zero attached hydrogens (tertiary/aromatic N) is 3. The number of aryl methyl sites for hydroxylation is 2. The number of halogens is 4. The molecule has 9 aromatic carbocycles. The van der Waals surface area contributed by atoms with Crippen molar-refractivity contribution in [3.63, 3.8) is 0 Å². The van der Waals surface area contributed by atoms with Crippen molar-refractivity contribution < 1.29 is 56.1 Å². The summed E-state index contributed by atoms with van der Waals surface area (Å²) in [5.74, 6) is 0.353. The van der Waals surface area contributed by atoms with E-state index in [2.05, 4.69) is 0 Å². The van der Waals surface area contributed by atoms with E-state index in [0.29, 0.717) is 113 Å². The van der Waals surface area contributed by atoms with E-state index in [1.807, 2.05) is 67.6 Å². The maximum absolute atomic E-state index is 13.5. The molecule has 3 heterocycles. The minimum atomic E-state index is -0.536.